The molecule has 0 amide bonds. The van der Waals surface area contributed by atoms with Gasteiger partial charge in [-0.1, -0.05) is 6.07 Å². The number of hydrogen-bond acceptors (Lipinski definition) is 4. The van der Waals surface area contributed by atoms with Crippen LogP contribution in [0.4, 0.5) is 10.2 Å². The van der Waals surface area contributed by atoms with Gasteiger partial charge in [-0.25, -0.2) is 14.2 Å². The van der Waals surface area contributed by atoms with Crippen LogP contribution in [-0.4, -0.2) is 35.2 Å². The summed E-state index contributed by atoms with van der Waals surface area (Å²) in [4.78, 5) is 19.4. The van der Waals surface area contributed by atoms with Crippen molar-refractivity contribution in [3.05, 3.63) is 59.7 Å². The maximum Gasteiger partial charge on any atom is 0.354 e. The first-order valence-electron chi connectivity index (χ1n) is 9.32. The molecule has 0 N–H and O–H groups in total. The van der Waals surface area contributed by atoms with Crippen LogP contribution in [0.25, 0.3) is 10.9 Å². The van der Waals surface area contributed by atoms with E-state index in [0.717, 1.165) is 42.8 Å². The Balaban J connectivity index is 1.79. The molecule has 0 saturated carbocycles. The van der Waals surface area contributed by atoms with Crippen molar-refractivity contribution in [2.24, 2.45) is 0 Å². The Morgan fingerprint density at radius 3 is 2.81 bits per heavy atom. The van der Waals surface area contributed by atoms with Crippen LogP contribution in [0.1, 0.15) is 35.8 Å². The highest BCUT2D eigenvalue weighted by Crippen LogP contribution is 2.27. The zero-order valence-electron chi connectivity index (χ0n) is 15.3. The van der Waals surface area contributed by atoms with Crippen molar-refractivity contribution in [2.75, 3.05) is 24.6 Å². The number of halogens is 1. The first kappa shape index (κ1) is 17.5. The Kier molecular flexibility index (Phi) is 4.79. The van der Waals surface area contributed by atoms with E-state index >= 15 is 0 Å². The summed E-state index contributed by atoms with van der Waals surface area (Å²) >= 11 is 0. The highest BCUT2D eigenvalue weighted by molar-refractivity contribution is 5.95. The number of benzene rings is 1. The number of carbonyl (C=O) groups is 1. The van der Waals surface area contributed by atoms with Gasteiger partial charge in [-0.15, -0.1) is 0 Å². The molecule has 1 saturated heterocycles. The molecule has 3 aromatic rings. The number of aromatic nitrogens is 2. The van der Waals surface area contributed by atoms with Crippen molar-refractivity contribution in [3.63, 3.8) is 0 Å². The van der Waals surface area contributed by atoms with Crippen molar-refractivity contribution in [2.45, 2.75) is 26.3 Å². The molecular formula is C21H22FN3O2. The predicted molar refractivity (Wildman–Crippen MR) is 103 cm³/mol. The molecule has 4 rings (SSSR count). The van der Waals surface area contributed by atoms with Crippen molar-refractivity contribution in [1.29, 1.82) is 0 Å². The topological polar surface area (TPSA) is 47.4 Å². The molecule has 140 valence electrons. The molecule has 0 aliphatic carbocycles. The molecule has 1 fully saturated rings. The van der Waals surface area contributed by atoms with E-state index in [0.29, 0.717) is 24.2 Å². The van der Waals surface area contributed by atoms with Crippen LogP contribution >= 0.6 is 0 Å². The summed E-state index contributed by atoms with van der Waals surface area (Å²) in [5, 5.41) is 0.685. The molecule has 6 heteroatoms. The van der Waals surface area contributed by atoms with Crippen LogP contribution in [0.5, 0.6) is 0 Å². The number of hydrogen-bond donors (Lipinski definition) is 0. The number of esters is 1. The quantitative estimate of drug-likeness (QED) is 0.640. The van der Waals surface area contributed by atoms with Crippen LogP contribution in [0.15, 0.2) is 42.6 Å². The zero-order chi connectivity index (χ0) is 18.8. The van der Waals surface area contributed by atoms with Crippen molar-refractivity contribution >= 4 is 22.7 Å². The van der Waals surface area contributed by atoms with Crippen LogP contribution in [0.3, 0.4) is 0 Å². The van der Waals surface area contributed by atoms with Gasteiger partial charge in [-0.3, -0.25) is 0 Å². The predicted octanol–water partition coefficient (Wildman–Crippen LogP) is 4.00. The van der Waals surface area contributed by atoms with Crippen molar-refractivity contribution in [1.82, 2.24) is 9.55 Å². The largest absolute Gasteiger partial charge is 0.461 e. The Bertz CT molecular complexity index is 977. The molecule has 5 nitrogen and oxygen atoms in total. The summed E-state index contributed by atoms with van der Waals surface area (Å²) in [5.41, 5.74) is 2.26. The Hall–Kier alpha value is -2.89. The van der Waals surface area contributed by atoms with Crippen molar-refractivity contribution in [3.8, 4) is 0 Å². The number of ether oxygens (including phenoxy) is 1. The van der Waals surface area contributed by atoms with Gasteiger partial charge in [0.15, 0.2) is 0 Å². The van der Waals surface area contributed by atoms with Gasteiger partial charge in [0.05, 0.1) is 13.2 Å². The van der Waals surface area contributed by atoms with Gasteiger partial charge in [0, 0.05) is 35.8 Å². The summed E-state index contributed by atoms with van der Waals surface area (Å²) < 4.78 is 20.8. The Labute approximate surface area is 157 Å². The first-order valence-corrected chi connectivity index (χ1v) is 9.32. The van der Waals surface area contributed by atoms with E-state index in [9.17, 15) is 9.18 Å². The number of anilines is 1. The van der Waals surface area contributed by atoms with Gasteiger partial charge in [0.25, 0.3) is 0 Å². The maximum absolute atomic E-state index is 13.7. The third kappa shape index (κ3) is 3.39. The molecule has 0 bridgehead atoms. The van der Waals surface area contributed by atoms with Gasteiger partial charge >= 0.3 is 5.97 Å². The Morgan fingerprint density at radius 2 is 2.04 bits per heavy atom. The van der Waals surface area contributed by atoms with E-state index in [4.69, 9.17) is 4.74 Å². The monoisotopic (exact) mass is 367 g/mol. The normalized spacial score (nSPS) is 14.1. The lowest BCUT2D eigenvalue weighted by molar-refractivity contribution is 0.0515. The standard InChI is InChI=1S/C21H22FN3O2/c1-2-27-21(26)19-13-16-12-17(22)7-8-18(16)25(19)14-15-6-5-9-23-20(15)24-10-3-4-11-24/h5-9,12-13H,2-4,10-11,14H2,1H3. The molecule has 0 spiro atoms. The number of rotatable bonds is 5. The first-order chi connectivity index (χ1) is 13.2. The number of carbonyl (C=O) groups excluding carboxylic acids is 1. The third-order valence-corrected chi connectivity index (χ3v) is 4.95. The second kappa shape index (κ2) is 7.39. The fraction of sp³-hybridized carbons (Fsp3) is 0.333. The lowest BCUT2D eigenvalue weighted by Crippen LogP contribution is -2.22. The molecule has 1 aliphatic heterocycles. The fourth-order valence-electron chi connectivity index (χ4n) is 3.72. The molecule has 27 heavy (non-hydrogen) atoms. The lowest BCUT2D eigenvalue weighted by Gasteiger charge is -2.21. The molecular weight excluding hydrogens is 345 g/mol. The fourth-order valence-corrected chi connectivity index (χ4v) is 3.72. The van der Waals surface area contributed by atoms with Gasteiger partial charge in [0.1, 0.15) is 17.3 Å². The van der Waals surface area contributed by atoms with E-state index in [1.54, 1.807) is 25.3 Å². The average molecular weight is 367 g/mol. The van der Waals surface area contributed by atoms with E-state index < -0.39 is 5.97 Å². The highest BCUT2D eigenvalue weighted by Gasteiger charge is 2.21. The second-order valence-electron chi connectivity index (χ2n) is 6.72. The van der Waals surface area contributed by atoms with Gasteiger partial charge < -0.3 is 14.2 Å². The summed E-state index contributed by atoms with van der Waals surface area (Å²) in [5.74, 6) is 0.226. The number of fused-ring (bicyclic) bond motifs is 1. The SMILES string of the molecule is CCOC(=O)c1cc2cc(F)ccc2n1Cc1cccnc1N1CCCC1. The molecule has 0 unspecified atom stereocenters. The maximum atomic E-state index is 13.7. The molecule has 0 atom stereocenters. The minimum Gasteiger partial charge on any atom is -0.461 e. The average Bonchev–Trinajstić information content (AvgIpc) is 3.31. The summed E-state index contributed by atoms with van der Waals surface area (Å²) in [6.45, 7) is 4.53. The lowest BCUT2D eigenvalue weighted by atomic mass is 10.2. The van der Waals surface area contributed by atoms with Gasteiger partial charge in [-0.2, -0.15) is 0 Å². The molecule has 3 heterocycles. The van der Waals surface area contributed by atoms with Gasteiger partial charge in [0.2, 0.25) is 0 Å². The van der Waals surface area contributed by atoms with E-state index in [1.165, 1.54) is 12.1 Å². The second-order valence-corrected chi connectivity index (χ2v) is 6.72. The zero-order valence-corrected chi connectivity index (χ0v) is 15.3. The highest BCUT2D eigenvalue weighted by atomic mass is 19.1. The third-order valence-electron chi connectivity index (χ3n) is 4.95. The number of pyridine rings is 1. The van der Waals surface area contributed by atoms with Gasteiger partial charge in [-0.05, 0) is 50.1 Å². The molecule has 0 radical (unpaired) electrons. The molecule has 1 aliphatic rings. The van der Waals surface area contributed by atoms with E-state index in [2.05, 4.69) is 9.88 Å². The summed E-state index contributed by atoms with van der Waals surface area (Å²) in [7, 11) is 0. The van der Waals surface area contributed by atoms with Crippen LogP contribution in [-0.2, 0) is 11.3 Å². The summed E-state index contributed by atoms with van der Waals surface area (Å²) in [6.07, 6.45) is 4.12. The summed E-state index contributed by atoms with van der Waals surface area (Å²) in [6, 6.07) is 10.2. The van der Waals surface area contributed by atoms with Crippen LogP contribution in [0.2, 0.25) is 0 Å². The van der Waals surface area contributed by atoms with Crippen LogP contribution in [0, 0.1) is 5.82 Å². The molecule has 1 aromatic carbocycles. The van der Waals surface area contributed by atoms with E-state index in [-0.39, 0.29) is 5.82 Å². The minimum absolute atomic E-state index is 0.292. The molecule has 2 aromatic heterocycles. The van der Waals surface area contributed by atoms with E-state index in [1.807, 2.05) is 16.7 Å². The van der Waals surface area contributed by atoms with Crippen LogP contribution < -0.4 is 4.90 Å². The minimum atomic E-state index is -0.402. The smallest absolute Gasteiger partial charge is 0.354 e. The van der Waals surface area contributed by atoms with Crippen molar-refractivity contribution < 1.29 is 13.9 Å². The number of nitrogens with zero attached hydrogens (tertiary/aromatic N) is 3. The Morgan fingerprint density at radius 1 is 1.22 bits per heavy atom.